The first-order valence-electron chi connectivity index (χ1n) is 8.43. The number of benzene rings is 1. The largest absolute Gasteiger partial charge is 0.357 e. The van der Waals surface area contributed by atoms with Crippen LogP contribution in [0.2, 0.25) is 0 Å². The molecule has 0 unspecified atom stereocenters. The minimum Gasteiger partial charge on any atom is -0.357 e. The van der Waals surface area contributed by atoms with E-state index in [4.69, 9.17) is 4.98 Å². The first kappa shape index (κ1) is 15.9. The molecule has 0 radical (unpaired) electrons. The predicted octanol–water partition coefficient (Wildman–Crippen LogP) is 4.46. The van der Waals surface area contributed by atoms with Gasteiger partial charge in [0.25, 0.3) is 0 Å². The fourth-order valence-corrected chi connectivity index (χ4v) is 5.01. The van der Waals surface area contributed by atoms with E-state index in [1.807, 2.05) is 6.07 Å². The van der Waals surface area contributed by atoms with Crippen molar-refractivity contribution in [1.82, 2.24) is 19.7 Å². The molecule has 1 aromatic carbocycles. The van der Waals surface area contributed by atoms with Crippen molar-refractivity contribution in [3.05, 3.63) is 30.1 Å². The van der Waals surface area contributed by atoms with Crippen LogP contribution < -0.4 is 5.32 Å². The monoisotopic (exact) mass is 359 g/mol. The first-order valence-corrected chi connectivity index (χ1v) is 10.2. The number of thioether (sulfide) groups is 1. The molecule has 0 bridgehead atoms. The minimum atomic E-state index is 0.574. The number of imidazole rings is 1. The second kappa shape index (κ2) is 7.11. The molecule has 4 rings (SSSR count). The maximum Gasteiger partial charge on any atom is 0.206 e. The van der Waals surface area contributed by atoms with E-state index in [1.165, 1.54) is 37.6 Å². The Balaban J connectivity index is 1.39. The smallest absolute Gasteiger partial charge is 0.206 e. The van der Waals surface area contributed by atoms with Crippen molar-refractivity contribution in [3.8, 4) is 0 Å². The van der Waals surface area contributed by atoms with Crippen LogP contribution in [0.25, 0.3) is 11.0 Å². The van der Waals surface area contributed by atoms with Crippen molar-refractivity contribution >= 4 is 39.3 Å². The zero-order chi connectivity index (χ0) is 16.4. The minimum absolute atomic E-state index is 0.574. The van der Waals surface area contributed by atoms with Crippen molar-refractivity contribution in [1.29, 1.82) is 0 Å². The highest BCUT2D eigenvalue weighted by molar-refractivity contribution is 8.00. The molecule has 0 spiro atoms. The highest BCUT2D eigenvalue weighted by atomic mass is 32.2. The van der Waals surface area contributed by atoms with Crippen LogP contribution in [0.15, 0.2) is 28.6 Å². The highest BCUT2D eigenvalue weighted by Crippen LogP contribution is 2.30. The molecule has 1 aliphatic rings. The van der Waals surface area contributed by atoms with Crippen LogP contribution >= 0.6 is 23.1 Å². The molecule has 126 valence electrons. The zero-order valence-corrected chi connectivity index (χ0v) is 15.4. The van der Waals surface area contributed by atoms with Gasteiger partial charge in [0.05, 0.1) is 16.8 Å². The quantitative estimate of drug-likeness (QED) is 0.682. The van der Waals surface area contributed by atoms with Gasteiger partial charge in [0.1, 0.15) is 5.82 Å². The summed E-state index contributed by atoms with van der Waals surface area (Å²) in [5, 5.41) is 13.1. The second-order valence-corrected chi connectivity index (χ2v) is 8.42. The average molecular weight is 360 g/mol. The summed E-state index contributed by atoms with van der Waals surface area (Å²) in [5.41, 5.74) is 2.22. The Bertz CT molecular complexity index is 819. The maximum absolute atomic E-state index is 4.71. The van der Waals surface area contributed by atoms with Crippen molar-refractivity contribution < 1.29 is 0 Å². The van der Waals surface area contributed by atoms with Gasteiger partial charge < -0.3 is 9.88 Å². The lowest BCUT2D eigenvalue weighted by atomic mass is 9.96. The molecular formula is C17H21N5S2. The van der Waals surface area contributed by atoms with Gasteiger partial charge in [-0.2, -0.15) is 0 Å². The van der Waals surface area contributed by atoms with E-state index in [1.54, 1.807) is 23.1 Å². The molecule has 0 atom stereocenters. The fourth-order valence-electron chi connectivity index (χ4n) is 3.20. The SMILES string of the molecule is Cn1c(CSc2nnc(NC3CCCCC3)s2)nc2ccccc21. The molecule has 1 saturated carbocycles. The summed E-state index contributed by atoms with van der Waals surface area (Å²) in [5.74, 6) is 1.88. The molecule has 3 aromatic rings. The first-order chi connectivity index (χ1) is 11.8. The van der Waals surface area contributed by atoms with Gasteiger partial charge in [-0.1, -0.05) is 54.5 Å². The number of fused-ring (bicyclic) bond motifs is 1. The molecule has 2 aromatic heterocycles. The summed E-state index contributed by atoms with van der Waals surface area (Å²) in [7, 11) is 2.07. The third kappa shape index (κ3) is 3.42. The Morgan fingerprint density at radius 3 is 2.88 bits per heavy atom. The van der Waals surface area contributed by atoms with Gasteiger partial charge in [0.2, 0.25) is 5.13 Å². The van der Waals surface area contributed by atoms with E-state index >= 15 is 0 Å². The molecule has 1 fully saturated rings. The number of rotatable bonds is 5. The van der Waals surface area contributed by atoms with Crippen molar-refractivity contribution in [2.75, 3.05) is 5.32 Å². The number of nitrogens with zero attached hydrogens (tertiary/aromatic N) is 4. The van der Waals surface area contributed by atoms with Crippen LogP contribution in [0.4, 0.5) is 5.13 Å². The number of aromatic nitrogens is 4. The fraction of sp³-hybridized carbons (Fsp3) is 0.471. The van der Waals surface area contributed by atoms with Crippen LogP contribution in [0, 0.1) is 0 Å². The molecule has 0 aliphatic heterocycles. The van der Waals surface area contributed by atoms with Gasteiger partial charge in [-0.3, -0.25) is 0 Å². The number of anilines is 1. The van der Waals surface area contributed by atoms with E-state index in [2.05, 4.69) is 45.3 Å². The normalized spacial score (nSPS) is 15.9. The molecule has 1 aliphatic carbocycles. The lowest BCUT2D eigenvalue weighted by Crippen LogP contribution is -2.21. The molecule has 5 nitrogen and oxygen atoms in total. The number of para-hydroxylation sites is 2. The summed E-state index contributed by atoms with van der Waals surface area (Å²) in [6.07, 6.45) is 6.52. The highest BCUT2D eigenvalue weighted by Gasteiger charge is 2.15. The van der Waals surface area contributed by atoms with E-state index in [0.717, 1.165) is 26.6 Å². The number of nitrogens with one attached hydrogen (secondary N) is 1. The molecule has 0 saturated heterocycles. The number of hydrogen-bond acceptors (Lipinski definition) is 6. The summed E-state index contributed by atoms with van der Waals surface area (Å²) in [6, 6.07) is 8.81. The van der Waals surface area contributed by atoms with Gasteiger partial charge in [-0.25, -0.2) is 4.98 Å². The molecule has 2 heterocycles. The predicted molar refractivity (Wildman–Crippen MR) is 101 cm³/mol. The van der Waals surface area contributed by atoms with E-state index in [9.17, 15) is 0 Å². The zero-order valence-electron chi connectivity index (χ0n) is 13.7. The van der Waals surface area contributed by atoms with E-state index < -0.39 is 0 Å². The van der Waals surface area contributed by atoms with Crippen molar-refractivity contribution in [2.45, 2.75) is 48.2 Å². The van der Waals surface area contributed by atoms with Gasteiger partial charge in [0.15, 0.2) is 4.34 Å². The van der Waals surface area contributed by atoms with Crippen LogP contribution in [0.3, 0.4) is 0 Å². The van der Waals surface area contributed by atoms with Gasteiger partial charge in [0, 0.05) is 13.1 Å². The third-order valence-electron chi connectivity index (χ3n) is 4.54. The molecule has 1 N–H and O–H groups in total. The van der Waals surface area contributed by atoms with Crippen LogP contribution in [0.1, 0.15) is 37.9 Å². The third-order valence-corrected chi connectivity index (χ3v) is 6.53. The lowest BCUT2D eigenvalue weighted by molar-refractivity contribution is 0.462. The lowest BCUT2D eigenvalue weighted by Gasteiger charge is -2.21. The van der Waals surface area contributed by atoms with Crippen molar-refractivity contribution in [3.63, 3.8) is 0 Å². The molecule has 7 heteroatoms. The van der Waals surface area contributed by atoms with Gasteiger partial charge in [-0.15, -0.1) is 10.2 Å². The number of hydrogen-bond donors (Lipinski definition) is 1. The summed E-state index contributed by atoms with van der Waals surface area (Å²) < 4.78 is 3.16. The average Bonchev–Trinajstić information content (AvgIpc) is 3.19. The van der Waals surface area contributed by atoms with Crippen molar-refractivity contribution in [2.24, 2.45) is 7.05 Å². The van der Waals surface area contributed by atoms with Crippen LogP contribution in [-0.4, -0.2) is 25.8 Å². The Kier molecular flexibility index (Phi) is 4.71. The molecule has 24 heavy (non-hydrogen) atoms. The summed E-state index contributed by atoms with van der Waals surface area (Å²) >= 11 is 3.36. The second-order valence-electron chi connectivity index (χ2n) is 6.22. The van der Waals surface area contributed by atoms with Gasteiger partial charge >= 0.3 is 0 Å². The van der Waals surface area contributed by atoms with E-state index in [-0.39, 0.29) is 0 Å². The van der Waals surface area contributed by atoms with Gasteiger partial charge in [-0.05, 0) is 25.0 Å². The summed E-state index contributed by atoms with van der Waals surface area (Å²) in [6.45, 7) is 0. The summed E-state index contributed by atoms with van der Waals surface area (Å²) in [4.78, 5) is 4.71. The Morgan fingerprint density at radius 1 is 1.21 bits per heavy atom. The number of aryl methyl sites for hydroxylation is 1. The maximum atomic E-state index is 4.71. The van der Waals surface area contributed by atoms with Crippen LogP contribution in [-0.2, 0) is 12.8 Å². The van der Waals surface area contributed by atoms with Crippen LogP contribution in [0.5, 0.6) is 0 Å². The Labute approximate surface area is 149 Å². The standard InChI is InChI=1S/C17H21N5S2/c1-22-14-10-6-5-9-13(14)19-15(22)11-23-17-21-20-16(24-17)18-12-7-3-2-4-8-12/h5-6,9-10,12H,2-4,7-8,11H2,1H3,(H,18,20). The molecule has 0 amide bonds. The Hall–Kier alpha value is -1.60. The molecular weight excluding hydrogens is 338 g/mol. The van der Waals surface area contributed by atoms with E-state index in [0.29, 0.717) is 6.04 Å². The topological polar surface area (TPSA) is 55.6 Å². The Morgan fingerprint density at radius 2 is 2.04 bits per heavy atom.